The van der Waals surface area contributed by atoms with Crippen molar-refractivity contribution in [3.8, 4) is 11.1 Å². The van der Waals surface area contributed by atoms with Gasteiger partial charge >= 0.3 is 0 Å². The Morgan fingerprint density at radius 2 is 1.64 bits per heavy atom. The number of aromatic amines is 1. The lowest BCUT2D eigenvalue weighted by atomic mass is 9.86. The van der Waals surface area contributed by atoms with Crippen LogP contribution < -0.4 is 5.32 Å². The Balaban J connectivity index is 1.37. The number of H-pyrrole nitrogens is 1. The van der Waals surface area contributed by atoms with Crippen molar-refractivity contribution in [2.24, 2.45) is 0 Å². The Bertz CT molecular complexity index is 958. The van der Waals surface area contributed by atoms with Gasteiger partial charge in [0.1, 0.15) is 0 Å². The van der Waals surface area contributed by atoms with Crippen molar-refractivity contribution in [3.05, 3.63) is 71.4 Å². The van der Waals surface area contributed by atoms with E-state index in [-0.39, 0.29) is 11.3 Å². The van der Waals surface area contributed by atoms with Crippen molar-refractivity contribution in [2.45, 2.75) is 51.4 Å². The fourth-order valence-corrected chi connectivity index (χ4v) is 3.35. The summed E-state index contributed by atoms with van der Waals surface area (Å²) in [5, 5.41) is 10.1. The molecule has 1 aliphatic carbocycles. The number of carbonyl (C=O) groups is 1. The van der Waals surface area contributed by atoms with Crippen molar-refractivity contribution in [1.82, 2.24) is 10.2 Å². The molecule has 0 atom stereocenters. The van der Waals surface area contributed by atoms with E-state index in [1.54, 1.807) is 0 Å². The van der Waals surface area contributed by atoms with Crippen molar-refractivity contribution in [3.63, 3.8) is 0 Å². The van der Waals surface area contributed by atoms with Crippen LogP contribution in [0.4, 0.5) is 5.82 Å². The maximum atomic E-state index is 12.3. The number of rotatable bonds is 5. The minimum Gasteiger partial charge on any atom is -0.309 e. The molecule has 4 nitrogen and oxygen atoms in total. The molecule has 1 aromatic heterocycles. The monoisotopic (exact) mass is 373 g/mol. The lowest BCUT2D eigenvalue weighted by Gasteiger charge is -2.19. The molecule has 0 aliphatic heterocycles. The second-order valence-corrected chi connectivity index (χ2v) is 8.73. The molecule has 0 spiro atoms. The molecule has 0 radical (unpaired) electrons. The van der Waals surface area contributed by atoms with Gasteiger partial charge in [0, 0.05) is 17.7 Å². The predicted octanol–water partition coefficient (Wildman–Crippen LogP) is 5.43. The van der Waals surface area contributed by atoms with E-state index in [0.29, 0.717) is 18.2 Å². The van der Waals surface area contributed by atoms with E-state index in [4.69, 9.17) is 0 Å². The molecule has 3 aromatic rings. The van der Waals surface area contributed by atoms with Gasteiger partial charge in [-0.3, -0.25) is 9.89 Å². The third kappa shape index (κ3) is 4.33. The summed E-state index contributed by atoms with van der Waals surface area (Å²) in [5.74, 6) is 1.17. The molecule has 4 heteroatoms. The highest BCUT2D eigenvalue weighted by Gasteiger charge is 2.25. The van der Waals surface area contributed by atoms with Gasteiger partial charge < -0.3 is 5.32 Å². The number of hydrogen-bond acceptors (Lipinski definition) is 2. The number of anilines is 1. The SMILES string of the molecule is CC(C)(C)c1ccc(-c2ccc(CC(=O)Nc3cc(C4CC4)[nH]n3)cc2)cc1. The van der Waals surface area contributed by atoms with Crippen LogP contribution >= 0.6 is 0 Å². The number of amides is 1. The normalized spacial score (nSPS) is 14.1. The molecule has 1 saturated carbocycles. The van der Waals surface area contributed by atoms with Crippen LogP contribution in [-0.2, 0) is 16.6 Å². The number of aromatic nitrogens is 2. The van der Waals surface area contributed by atoms with Crippen molar-refractivity contribution >= 4 is 11.7 Å². The lowest BCUT2D eigenvalue weighted by Crippen LogP contribution is -2.14. The summed E-state index contributed by atoms with van der Waals surface area (Å²) in [5.41, 5.74) is 5.94. The summed E-state index contributed by atoms with van der Waals surface area (Å²) in [7, 11) is 0. The predicted molar refractivity (Wildman–Crippen MR) is 113 cm³/mol. The second-order valence-electron chi connectivity index (χ2n) is 8.73. The van der Waals surface area contributed by atoms with E-state index in [9.17, 15) is 4.79 Å². The molecular weight excluding hydrogens is 346 g/mol. The zero-order valence-electron chi connectivity index (χ0n) is 16.8. The first-order chi connectivity index (χ1) is 13.4. The molecule has 28 heavy (non-hydrogen) atoms. The molecule has 0 saturated heterocycles. The van der Waals surface area contributed by atoms with Gasteiger partial charge in [0.05, 0.1) is 6.42 Å². The van der Waals surface area contributed by atoms with E-state index >= 15 is 0 Å². The summed E-state index contributed by atoms with van der Waals surface area (Å²) >= 11 is 0. The topological polar surface area (TPSA) is 57.8 Å². The summed E-state index contributed by atoms with van der Waals surface area (Å²) in [6.07, 6.45) is 2.76. The van der Waals surface area contributed by atoms with E-state index in [0.717, 1.165) is 16.8 Å². The summed E-state index contributed by atoms with van der Waals surface area (Å²) in [4.78, 5) is 12.3. The fraction of sp³-hybridized carbons (Fsp3) is 0.333. The third-order valence-corrected chi connectivity index (χ3v) is 5.29. The van der Waals surface area contributed by atoms with Crippen LogP contribution in [0.2, 0.25) is 0 Å². The van der Waals surface area contributed by atoms with E-state index in [1.807, 2.05) is 18.2 Å². The van der Waals surface area contributed by atoms with Gasteiger partial charge in [-0.15, -0.1) is 0 Å². The molecule has 2 N–H and O–H groups in total. The molecule has 1 amide bonds. The van der Waals surface area contributed by atoms with Crippen molar-refractivity contribution in [1.29, 1.82) is 0 Å². The Morgan fingerprint density at radius 3 is 2.21 bits per heavy atom. The van der Waals surface area contributed by atoms with E-state index < -0.39 is 0 Å². The maximum absolute atomic E-state index is 12.3. The number of nitrogens with one attached hydrogen (secondary N) is 2. The minimum absolute atomic E-state index is 0.0453. The first-order valence-electron chi connectivity index (χ1n) is 9.93. The molecule has 4 rings (SSSR count). The van der Waals surface area contributed by atoms with Gasteiger partial charge in [-0.25, -0.2) is 0 Å². The van der Waals surface area contributed by atoms with Gasteiger partial charge in [-0.05, 0) is 40.5 Å². The minimum atomic E-state index is -0.0453. The third-order valence-electron chi connectivity index (χ3n) is 5.29. The van der Waals surface area contributed by atoms with Gasteiger partial charge in [-0.2, -0.15) is 5.10 Å². The van der Waals surface area contributed by atoms with Gasteiger partial charge in [-0.1, -0.05) is 69.3 Å². The average molecular weight is 374 g/mol. The second kappa shape index (κ2) is 7.27. The quantitative estimate of drug-likeness (QED) is 0.626. The highest BCUT2D eigenvalue weighted by Crippen LogP contribution is 2.39. The maximum Gasteiger partial charge on any atom is 0.229 e. The van der Waals surface area contributed by atoms with Crippen LogP contribution in [0.15, 0.2) is 54.6 Å². The zero-order valence-corrected chi connectivity index (χ0v) is 16.8. The van der Waals surface area contributed by atoms with Crippen LogP contribution in [-0.4, -0.2) is 16.1 Å². The summed E-state index contributed by atoms with van der Waals surface area (Å²) in [6, 6.07) is 18.9. The molecule has 144 valence electrons. The van der Waals surface area contributed by atoms with Crippen LogP contribution in [0.3, 0.4) is 0 Å². The molecular formula is C24H27N3O. The number of carbonyl (C=O) groups excluding carboxylic acids is 1. The fourth-order valence-electron chi connectivity index (χ4n) is 3.35. The molecule has 2 aromatic carbocycles. The standard InChI is InChI=1S/C24H27N3O/c1-24(2,3)20-12-10-18(11-13-20)17-6-4-16(5-7-17)14-23(28)25-22-15-21(26-27-22)19-8-9-19/h4-7,10-13,15,19H,8-9,14H2,1-3H3,(H2,25,26,27,28). The van der Waals surface area contributed by atoms with Gasteiger partial charge in [0.15, 0.2) is 5.82 Å². The van der Waals surface area contributed by atoms with Crippen molar-refractivity contribution in [2.75, 3.05) is 5.32 Å². The molecule has 0 unspecified atom stereocenters. The Labute approximate surface area is 166 Å². The van der Waals surface area contributed by atoms with Crippen LogP contribution in [0.5, 0.6) is 0 Å². The molecule has 1 fully saturated rings. The Morgan fingerprint density at radius 1 is 1.04 bits per heavy atom. The lowest BCUT2D eigenvalue weighted by molar-refractivity contribution is -0.115. The van der Waals surface area contributed by atoms with Gasteiger partial charge in [0.25, 0.3) is 0 Å². The number of benzene rings is 2. The molecule has 1 heterocycles. The molecule has 1 aliphatic rings. The molecule has 0 bridgehead atoms. The summed E-state index contributed by atoms with van der Waals surface area (Å²) in [6.45, 7) is 6.66. The smallest absolute Gasteiger partial charge is 0.229 e. The summed E-state index contributed by atoms with van der Waals surface area (Å²) < 4.78 is 0. The van der Waals surface area contributed by atoms with E-state index in [1.165, 1.54) is 24.0 Å². The Kier molecular flexibility index (Phi) is 4.80. The van der Waals surface area contributed by atoms with E-state index in [2.05, 4.69) is 72.7 Å². The number of nitrogens with zero attached hydrogens (tertiary/aromatic N) is 1. The first kappa shape index (κ1) is 18.5. The Hall–Kier alpha value is -2.88. The largest absolute Gasteiger partial charge is 0.309 e. The van der Waals surface area contributed by atoms with Gasteiger partial charge in [0.2, 0.25) is 5.91 Å². The average Bonchev–Trinajstić information content (AvgIpc) is 3.41. The van der Waals surface area contributed by atoms with Crippen LogP contribution in [0, 0.1) is 0 Å². The van der Waals surface area contributed by atoms with Crippen LogP contribution in [0.25, 0.3) is 11.1 Å². The highest BCUT2D eigenvalue weighted by atomic mass is 16.1. The first-order valence-corrected chi connectivity index (χ1v) is 9.93. The van der Waals surface area contributed by atoms with Crippen LogP contribution in [0.1, 0.15) is 56.4 Å². The number of hydrogen-bond donors (Lipinski definition) is 2. The zero-order chi connectivity index (χ0) is 19.7. The van der Waals surface area contributed by atoms with Crippen molar-refractivity contribution < 1.29 is 4.79 Å². The highest BCUT2D eigenvalue weighted by molar-refractivity contribution is 5.91.